The molecule has 3 heterocycles. The van der Waals surface area contributed by atoms with Gasteiger partial charge in [0.25, 0.3) is 0 Å². The molecule has 0 unspecified atom stereocenters. The van der Waals surface area contributed by atoms with E-state index in [1.807, 2.05) is 24.3 Å². The molecule has 2 heteroatoms. The van der Waals surface area contributed by atoms with Crippen molar-refractivity contribution < 1.29 is 7.31 Å². The van der Waals surface area contributed by atoms with Gasteiger partial charge in [0.05, 0.1) is 30.1 Å². The third-order valence-electron chi connectivity index (χ3n) is 5.90. The minimum Gasteiger partial charge on any atom is -0.307 e. The number of benzene rings is 3. The van der Waals surface area contributed by atoms with Crippen molar-refractivity contribution in [3.63, 3.8) is 0 Å². The average molecular weight is 337 g/mol. The van der Waals surface area contributed by atoms with E-state index >= 15 is 0 Å². The molecule has 0 aliphatic rings. The van der Waals surface area contributed by atoms with Gasteiger partial charge in [-0.2, -0.15) is 0 Å². The van der Waals surface area contributed by atoms with E-state index in [4.69, 9.17) is 2.74 Å². The highest BCUT2D eigenvalue weighted by Crippen LogP contribution is 2.41. The molecule has 0 aliphatic heterocycles. The molecule has 3 aromatic carbocycles. The van der Waals surface area contributed by atoms with Crippen molar-refractivity contribution in [2.24, 2.45) is 7.05 Å². The minimum absolute atomic E-state index is 0.512. The Hall–Kier alpha value is -3.13. The van der Waals surface area contributed by atoms with Crippen molar-refractivity contribution in [2.45, 2.75) is 13.8 Å². The Morgan fingerprint density at radius 2 is 1.77 bits per heavy atom. The highest BCUT2D eigenvalue weighted by atomic mass is 14.9. The number of aromatic nitrogens is 2. The van der Waals surface area contributed by atoms with Crippen molar-refractivity contribution in [1.29, 1.82) is 0 Å². The zero-order valence-electron chi connectivity index (χ0n) is 17.0. The van der Waals surface area contributed by atoms with Crippen LogP contribution in [0.25, 0.3) is 49.0 Å². The number of fused-ring (bicyclic) bond motifs is 5. The van der Waals surface area contributed by atoms with Crippen LogP contribution < -0.4 is 4.57 Å². The second kappa shape index (κ2) is 4.53. The van der Waals surface area contributed by atoms with Gasteiger partial charge in [0, 0.05) is 16.8 Å². The molecule has 0 spiro atoms. The molecular formula is C24H19N2+. The van der Waals surface area contributed by atoms with Crippen LogP contribution in [-0.4, -0.2) is 4.40 Å². The van der Waals surface area contributed by atoms with Crippen molar-refractivity contribution in [1.82, 2.24) is 4.40 Å². The Labute approximate surface area is 154 Å². The van der Waals surface area contributed by atoms with Gasteiger partial charge in [-0.15, -0.1) is 0 Å². The summed E-state index contributed by atoms with van der Waals surface area (Å²) in [5, 5.41) is 5.51. The summed E-state index contributed by atoms with van der Waals surface area (Å²) in [7, 11) is 2.07. The van der Waals surface area contributed by atoms with Crippen LogP contribution in [0.3, 0.4) is 0 Å². The van der Waals surface area contributed by atoms with E-state index in [0.29, 0.717) is 12.1 Å². The quantitative estimate of drug-likeness (QED) is 0.198. The van der Waals surface area contributed by atoms with E-state index in [1.165, 1.54) is 5.39 Å². The lowest BCUT2D eigenvalue weighted by Crippen LogP contribution is -2.29. The Balaban J connectivity index is 2.21. The van der Waals surface area contributed by atoms with Gasteiger partial charge in [-0.3, -0.25) is 0 Å². The molecular weight excluding hydrogens is 316 g/mol. The van der Waals surface area contributed by atoms with Gasteiger partial charge in [-0.1, -0.05) is 30.3 Å². The fourth-order valence-electron chi connectivity index (χ4n) is 4.58. The number of rotatable bonds is 0. The van der Waals surface area contributed by atoms with E-state index in [9.17, 15) is 0 Å². The van der Waals surface area contributed by atoms with Crippen LogP contribution in [-0.2, 0) is 7.05 Å². The fourth-order valence-corrected chi connectivity index (χ4v) is 4.58. The first-order valence-corrected chi connectivity index (χ1v) is 8.96. The standard InChI is InChI=1S/C24H19N2/c1-14-13-18-17-8-4-5-9-19(17)26-20-10-6-7-16-11-12-25(3)24(22(16)20)21(15(14)2)23(18)26/h4-13H,1-3H3/q+1/i10D,13D. The SMILES string of the molecule is [2H]c1c(C)c(C)c2c3c1c1ccccc1n3c1c([2H])ccc3cc[n+](C)c2c31. The molecule has 6 aromatic rings. The van der Waals surface area contributed by atoms with Crippen molar-refractivity contribution in [3.05, 3.63) is 71.9 Å². The summed E-state index contributed by atoms with van der Waals surface area (Å²) in [6.45, 7) is 4.18. The average Bonchev–Trinajstić information content (AvgIpc) is 3.04. The lowest BCUT2D eigenvalue weighted by Gasteiger charge is -2.13. The Morgan fingerprint density at radius 1 is 0.923 bits per heavy atom. The zero-order valence-corrected chi connectivity index (χ0v) is 15.0. The predicted octanol–water partition coefficient (Wildman–Crippen LogP) is 5.43. The van der Waals surface area contributed by atoms with Crippen LogP contribution in [0.5, 0.6) is 0 Å². The van der Waals surface area contributed by atoms with E-state index in [0.717, 1.165) is 54.7 Å². The molecule has 6 rings (SSSR count). The van der Waals surface area contributed by atoms with Gasteiger partial charge in [-0.05, 0) is 48.5 Å². The van der Waals surface area contributed by atoms with Gasteiger partial charge >= 0.3 is 0 Å². The lowest BCUT2D eigenvalue weighted by molar-refractivity contribution is -0.643. The van der Waals surface area contributed by atoms with Crippen LogP contribution in [0.15, 0.2) is 60.7 Å². The van der Waals surface area contributed by atoms with E-state index in [2.05, 4.69) is 54.3 Å². The summed E-state index contributed by atoms with van der Waals surface area (Å²) in [6, 6.07) is 15.4. The summed E-state index contributed by atoms with van der Waals surface area (Å²) in [5.74, 6) is 0. The maximum atomic E-state index is 8.89. The van der Waals surface area contributed by atoms with E-state index < -0.39 is 0 Å². The number of hydrogen-bond donors (Lipinski definition) is 0. The van der Waals surface area contributed by atoms with E-state index in [-0.39, 0.29) is 0 Å². The van der Waals surface area contributed by atoms with Gasteiger partial charge < -0.3 is 4.40 Å². The predicted molar refractivity (Wildman–Crippen MR) is 109 cm³/mol. The summed E-state index contributed by atoms with van der Waals surface area (Å²) in [5.41, 5.74) is 6.35. The summed E-state index contributed by atoms with van der Waals surface area (Å²) in [6.07, 6.45) is 2.10. The lowest BCUT2D eigenvalue weighted by atomic mass is 9.97. The van der Waals surface area contributed by atoms with Crippen molar-refractivity contribution >= 4 is 49.0 Å². The molecule has 0 atom stereocenters. The molecule has 26 heavy (non-hydrogen) atoms. The minimum atomic E-state index is 0.512. The summed E-state index contributed by atoms with van der Waals surface area (Å²) in [4.78, 5) is 0. The first kappa shape index (κ1) is 12.3. The van der Waals surface area contributed by atoms with Gasteiger partial charge in [-0.25, -0.2) is 4.57 Å². The Morgan fingerprint density at radius 3 is 2.65 bits per heavy atom. The number of pyridine rings is 2. The Bertz CT molecular complexity index is 1600. The zero-order chi connectivity index (χ0) is 19.3. The Kier molecular flexibility index (Phi) is 2.13. The second-order valence-electron chi connectivity index (χ2n) is 7.26. The molecule has 0 fully saturated rings. The summed E-state index contributed by atoms with van der Waals surface area (Å²) >= 11 is 0. The second-order valence-corrected chi connectivity index (χ2v) is 7.26. The molecule has 0 saturated carbocycles. The topological polar surface area (TPSA) is 8.29 Å². The van der Waals surface area contributed by atoms with Crippen molar-refractivity contribution in [3.8, 4) is 0 Å². The molecule has 0 aliphatic carbocycles. The molecule has 0 radical (unpaired) electrons. The van der Waals surface area contributed by atoms with Crippen LogP contribution in [0, 0.1) is 13.8 Å². The number of para-hydroxylation sites is 1. The molecule has 0 saturated heterocycles. The first-order chi connectivity index (χ1) is 13.5. The largest absolute Gasteiger partial charge is 0.307 e. The summed E-state index contributed by atoms with van der Waals surface area (Å²) < 4.78 is 22.0. The van der Waals surface area contributed by atoms with Crippen LogP contribution in [0.1, 0.15) is 13.9 Å². The maximum Gasteiger partial charge on any atom is 0.224 e. The van der Waals surface area contributed by atoms with Crippen LogP contribution in [0.2, 0.25) is 0 Å². The molecule has 0 N–H and O–H groups in total. The number of hydrogen-bond acceptors (Lipinski definition) is 0. The highest BCUT2D eigenvalue weighted by molar-refractivity contribution is 6.25. The van der Waals surface area contributed by atoms with Crippen molar-refractivity contribution in [2.75, 3.05) is 0 Å². The molecule has 2 nitrogen and oxygen atoms in total. The van der Waals surface area contributed by atoms with Gasteiger partial charge in [0.15, 0.2) is 6.20 Å². The number of aryl methyl sites for hydroxylation is 2. The monoisotopic (exact) mass is 337 g/mol. The third-order valence-corrected chi connectivity index (χ3v) is 5.90. The highest BCUT2D eigenvalue weighted by Gasteiger charge is 2.23. The van der Waals surface area contributed by atoms with Gasteiger partial charge in [0.1, 0.15) is 7.05 Å². The normalized spacial score (nSPS) is 13.5. The first-order valence-electron chi connectivity index (χ1n) is 9.96. The molecule has 124 valence electrons. The molecule has 0 bridgehead atoms. The van der Waals surface area contributed by atoms with Gasteiger partial charge in [0.2, 0.25) is 5.52 Å². The van der Waals surface area contributed by atoms with E-state index in [1.54, 1.807) is 0 Å². The number of nitrogens with zero attached hydrogens (tertiary/aromatic N) is 2. The van der Waals surface area contributed by atoms with Crippen LogP contribution in [0.4, 0.5) is 0 Å². The maximum absolute atomic E-state index is 8.89. The van der Waals surface area contributed by atoms with Crippen LogP contribution >= 0.6 is 0 Å². The molecule has 0 amide bonds. The third kappa shape index (κ3) is 1.47. The smallest absolute Gasteiger partial charge is 0.224 e. The fraction of sp³-hybridized carbons (Fsp3) is 0.125. The molecule has 3 aromatic heterocycles.